The number of benzene rings is 2. The first-order valence-electron chi connectivity index (χ1n) is 8.62. The van der Waals surface area contributed by atoms with Crippen LogP contribution in [-0.2, 0) is 21.2 Å². The highest BCUT2D eigenvalue weighted by molar-refractivity contribution is 7.89. The number of rotatable bonds is 6. The molecule has 0 aliphatic heterocycles. The Morgan fingerprint density at radius 1 is 1.30 bits per heavy atom. The first-order chi connectivity index (χ1) is 12.8. The van der Waals surface area contributed by atoms with E-state index in [0.717, 1.165) is 29.7 Å². The van der Waals surface area contributed by atoms with Crippen LogP contribution < -0.4 is 5.32 Å². The molecule has 1 atom stereocenters. The normalized spacial score (nSPS) is 16.4. The summed E-state index contributed by atoms with van der Waals surface area (Å²) in [5.74, 6) is -1.22. The summed E-state index contributed by atoms with van der Waals surface area (Å²) >= 11 is 0. The topological polar surface area (TPSA) is 86.7 Å². The first kappa shape index (κ1) is 19.5. The van der Waals surface area contributed by atoms with E-state index in [2.05, 4.69) is 5.32 Å². The average molecular weight is 392 g/mol. The van der Waals surface area contributed by atoms with Crippen LogP contribution in [0.25, 0.3) is 0 Å². The third-order valence-electron chi connectivity index (χ3n) is 4.62. The Labute approximate surface area is 157 Å². The Hall–Kier alpha value is -2.29. The second-order valence-electron chi connectivity index (χ2n) is 6.42. The number of aryl methyl sites for hydroxylation is 1. The number of amides is 1. The fourth-order valence-electron chi connectivity index (χ4n) is 3.46. The molecule has 1 aliphatic rings. The molecule has 0 fully saturated rings. The number of hydrogen-bond acceptors (Lipinski definition) is 4. The fourth-order valence-corrected chi connectivity index (χ4v) is 5.12. The molecule has 0 aromatic heterocycles. The number of carbonyl (C=O) groups excluding carboxylic acids is 1. The standard InChI is InChI=1S/C19H21FN2O4S/c1-13(24)21-18-12-15(7-8-17(18)20)27(25,26)22(10-11-23)19-9-6-14-4-2-3-5-16(14)19/h2-5,7-8,12,19,23H,6,9-11H2,1H3,(H,21,24). The number of carbonyl (C=O) groups is 1. The van der Waals surface area contributed by atoms with Crippen LogP contribution in [0.3, 0.4) is 0 Å². The molecule has 144 valence electrons. The zero-order valence-corrected chi connectivity index (χ0v) is 15.7. The van der Waals surface area contributed by atoms with E-state index in [0.29, 0.717) is 6.42 Å². The van der Waals surface area contributed by atoms with E-state index in [1.165, 1.54) is 17.3 Å². The van der Waals surface area contributed by atoms with Crippen molar-refractivity contribution in [3.8, 4) is 0 Å². The molecule has 0 spiro atoms. The third-order valence-corrected chi connectivity index (χ3v) is 6.53. The highest BCUT2D eigenvalue weighted by Gasteiger charge is 2.36. The van der Waals surface area contributed by atoms with Crippen LogP contribution >= 0.6 is 0 Å². The Bertz CT molecular complexity index is 962. The lowest BCUT2D eigenvalue weighted by molar-refractivity contribution is -0.114. The van der Waals surface area contributed by atoms with Gasteiger partial charge in [-0.25, -0.2) is 12.8 Å². The highest BCUT2D eigenvalue weighted by atomic mass is 32.2. The SMILES string of the molecule is CC(=O)Nc1cc(S(=O)(=O)N(CCO)C2CCc3ccccc32)ccc1F. The lowest BCUT2D eigenvalue weighted by Crippen LogP contribution is -2.36. The van der Waals surface area contributed by atoms with Crippen molar-refractivity contribution in [1.82, 2.24) is 4.31 Å². The largest absolute Gasteiger partial charge is 0.395 e. The monoisotopic (exact) mass is 392 g/mol. The third kappa shape index (κ3) is 3.87. The van der Waals surface area contributed by atoms with Gasteiger partial charge < -0.3 is 10.4 Å². The zero-order valence-electron chi connectivity index (χ0n) is 14.9. The number of nitrogens with zero attached hydrogens (tertiary/aromatic N) is 1. The molecular formula is C19H21FN2O4S. The van der Waals surface area contributed by atoms with Crippen LogP contribution in [0.1, 0.15) is 30.5 Å². The number of halogens is 1. The lowest BCUT2D eigenvalue weighted by atomic mass is 10.1. The molecular weight excluding hydrogens is 371 g/mol. The van der Waals surface area contributed by atoms with E-state index < -0.39 is 27.8 Å². The minimum absolute atomic E-state index is 0.0752. The van der Waals surface area contributed by atoms with E-state index >= 15 is 0 Å². The fraction of sp³-hybridized carbons (Fsp3) is 0.316. The summed E-state index contributed by atoms with van der Waals surface area (Å²) in [4.78, 5) is 11.1. The number of fused-ring (bicyclic) bond motifs is 1. The van der Waals surface area contributed by atoms with Gasteiger partial charge in [-0.05, 0) is 42.2 Å². The van der Waals surface area contributed by atoms with Gasteiger partial charge in [0.2, 0.25) is 15.9 Å². The van der Waals surface area contributed by atoms with E-state index in [1.54, 1.807) is 0 Å². The molecule has 1 aliphatic carbocycles. The van der Waals surface area contributed by atoms with Gasteiger partial charge in [0.05, 0.1) is 23.2 Å². The lowest BCUT2D eigenvalue weighted by Gasteiger charge is -2.28. The minimum atomic E-state index is -4.01. The molecule has 1 unspecified atom stereocenters. The van der Waals surface area contributed by atoms with Gasteiger partial charge >= 0.3 is 0 Å². The molecule has 0 radical (unpaired) electrons. The van der Waals surface area contributed by atoms with E-state index in [1.807, 2.05) is 24.3 Å². The van der Waals surface area contributed by atoms with E-state index in [9.17, 15) is 22.7 Å². The van der Waals surface area contributed by atoms with Gasteiger partial charge in [0.25, 0.3) is 0 Å². The predicted molar refractivity (Wildman–Crippen MR) is 99.2 cm³/mol. The zero-order chi connectivity index (χ0) is 19.6. The summed E-state index contributed by atoms with van der Waals surface area (Å²) in [7, 11) is -4.01. The van der Waals surface area contributed by atoms with E-state index in [4.69, 9.17) is 0 Å². The van der Waals surface area contributed by atoms with Crippen LogP contribution in [0.4, 0.5) is 10.1 Å². The molecule has 3 rings (SSSR count). The quantitative estimate of drug-likeness (QED) is 0.791. The molecule has 8 heteroatoms. The van der Waals surface area contributed by atoms with Crippen LogP contribution in [0.5, 0.6) is 0 Å². The van der Waals surface area contributed by atoms with Gasteiger partial charge in [0.15, 0.2) is 0 Å². The predicted octanol–water partition coefficient (Wildman–Crippen LogP) is 2.45. The number of sulfonamides is 1. The molecule has 0 bridgehead atoms. The average Bonchev–Trinajstić information content (AvgIpc) is 3.04. The van der Waals surface area contributed by atoms with Crippen LogP contribution in [-0.4, -0.2) is 36.9 Å². The maximum atomic E-state index is 13.9. The van der Waals surface area contributed by atoms with Gasteiger partial charge in [0.1, 0.15) is 5.82 Å². The Morgan fingerprint density at radius 2 is 2.04 bits per heavy atom. The smallest absolute Gasteiger partial charge is 0.243 e. The van der Waals surface area contributed by atoms with Crippen molar-refractivity contribution >= 4 is 21.6 Å². The van der Waals surface area contributed by atoms with Crippen molar-refractivity contribution in [3.05, 3.63) is 59.4 Å². The first-order valence-corrected chi connectivity index (χ1v) is 10.1. The minimum Gasteiger partial charge on any atom is -0.395 e. The van der Waals surface area contributed by atoms with E-state index in [-0.39, 0.29) is 23.7 Å². The Morgan fingerprint density at radius 3 is 2.74 bits per heavy atom. The van der Waals surface area contributed by atoms with Crippen LogP contribution in [0.15, 0.2) is 47.4 Å². The number of aliphatic hydroxyl groups excluding tert-OH is 1. The van der Waals surface area contributed by atoms with Gasteiger partial charge in [-0.1, -0.05) is 24.3 Å². The maximum Gasteiger partial charge on any atom is 0.243 e. The van der Waals surface area contributed by atoms with Crippen LogP contribution in [0, 0.1) is 5.82 Å². The molecule has 27 heavy (non-hydrogen) atoms. The molecule has 0 saturated carbocycles. The summed E-state index contributed by atoms with van der Waals surface area (Å²) in [5.41, 5.74) is 1.80. The van der Waals surface area contributed by atoms with Gasteiger partial charge in [0, 0.05) is 13.5 Å². The van der Waals surface area contributed by atoms with Crippen molar-refractivity contribution in [3.63, 3.8) is 0 Å². The number of anilines is 1. The number of nitrogens with one attached hydrogen (secondary N) is 1. The molecule has 0 heterocycles. The molecule has 2 N–H and O–H groups in total. The summed E-state index contributed by atoms with van der Waals surface area (Å²) in [6.07, 6.45) is 1.36. The van der Waals surface area contributed by atoms with Crippen molar-refractivity contribution in [2.45, 2.75) is 30.7 Å². The van der Waals surface area contributed by atoms with Crippen molar-refractivity contribution in [2.75, 3.05) is 18.5 Å². The van der Waals surface area contributed by atoms with Gasteiger partial charge in [-0.15, -0.1) is 0 Å². The molecule has 2 aromatic rings. The Balaban J connectivity index is 2.02. The van der Waals surface area contributed by atoms with Gasteiger partial charge in [-0.3, -0.25) is 4.79 Å². The molecule has 2 aromatic carbocycles. The second kappa shape index (κ2) is 7.75. The highest BCUT2D eigenvalue weighted by Crippen LogP contribution is 2.38. The maximum absolute atomic E-state index is 13.9. The Kier molecular flexibility index (Phi) is 5.59. The summed E-state index contributed by atoms with van der Waals surface area (Å²) in [6.45, 7) is 0.806. The summed E-state index contributed by atoms with van der Waals surface area (Å²) < 4.78 is 41.7. The van der Waals surface area contributed by atoms with Gasteiger partial charge in [-0.2, -0.15) is 4.31 Å². The summed E-state index contributed by atoms with van der Waals surface area (Å²) in [5, 5.41) is 11.7. The van der Waals surface area contributed by atoms with Crippen molar-refractivity contribution in [1.29, 1.82) is 0 Å². The second-order valence-corrected chi connectivity index (χ2v) is 8.31. The van der Waals surface area contributed by atoms with Crippen molar-refractivity contribution in [2.24, 2.45) is 0 Å². The van der Waals surface area contributed by atoms with Crippen molar-refractivity contribution < 1.29 is 22.7 Å². The molecule has 1 amide bonds. The number of aliphatic hydroxyl groups is 1. The molecule has 6 nitrogen and oxygen atoms in total. The van der Waals surface area contributed by atoms with Crippen LogP contribution in [0.2, 0.25) is 0 Å². The molecule has 0 saturated heterocycles. The summed E-state index contributed by atoms with van der Waals surface area (Å²) in [6, 6.07) is 10.5. The number of hydrogen-bond donors (Lipinski definition) is 2.